The summed E-state index contributed by atoms with van der Waals surface area (Å²) in [5, 5.41) is 9.35. The Labute approximate surface area is 372 Å². The lowest BCUT2D eigenvalue weighted by Crippen LogP contribution is -2.65. The Morgan fingerprint density at radius 1 is 0.778 bits per heavy atom. The van der Waals surface area contributed by atoms with Gasteiger partial charge in [0.1, 0.15) is 18.2 Å². The number of benzene rings is 4. The van der Waals surface area contributed by atoms with E-state index in [2.05, 4.69) is 43.3 Å². The van der Waals surface area contributed by atoms with Gasteiger partial charge in [0.2, 0.25) is 5.91 Å². The maximum atomic E-state index is 13.9. The van der Waals surface area contributed by atoms with Crippen LogP contribution in [0.25, 0.3) is 11.1 Å². The SMILES string of the molecule is C=CCOP(=O)(OCCNC(=O)OC(C)(C)C)OC[C@H](NC(=O)OCC1c2ccccc2-c2ccccc21)C(=O)NCCC(C)CC(C)(C)[Si](O)(c1ccccc1)c1ccccc1. The van der Waals surface area contributed by atoms with E-state index in [9.17, 15) is 23.7 Å². The topological polar surface area (TPSA) is 171 Å². The Bertz CT molecular complexity index is 2120. The van der Waals surface area contributed by atoms with Crippen LogP contribution in [-0.4, -0.2) is 82.4 Å². The van der Waals surface area contributed by atoms with Crippen molar-refractivity contribution in [3.05, 3.63) is 133 Å². The molecule has 1 aliphatic carbocycles. The van der Waals surface area contributed by atoms with E-state index in [0.717, 1.165) is 32.6 Å². The van der Waals surface area contributed by atoms with Crippen molar-refractivity contribution in [2.45, 2.75) is 77.0 Å². The Kier molecular flexibility index (Phi) is 17.1. The molecule has 0 bridgehead atoms. The second kappa shape index (κ2) is 22.0. The third-order valence-corrected chi connectivity index (χ3v) is 16.8. The van der Waals surface area contributed by atoms with E-state index in [1.165, 1.54) is 6.08 Å². The number of alkyl carbamates (subject to hydrolysis) is 2. The number of fused-ring (bicyclic) bond motifs is 3. The van der Waals surface area contributed by atoms with E-state index in [-0.39, 0.29) is 44.7 Å². The van der Waals surface area contributed by atoms with Gasteiger partial charge in [0, 0.05) is 19.0 Å². The quantitative estimate of drug-likeness (QED) is 0.0264. The summed E-state index contributed by atoms with van der Waals surface area (Å²) < 4.78 is 41.3. The Morgan fingerprint density at radius 2 is 1.33 bits per heavy atom. The van der Waals surface area contributed by atoms with E-state index < -0.39 is 57.5 Å². The minimum atomic E-state index is -4.37. The second-order valence-corrected chi connectivity index (χ2v) is 22.9. The predicted molar refractivity (Wildman–Crippen MR) is 247 cm³/mol. The lowest BCUT2D eigenvalue weighted by molar-refractivity contribution is -0.123. The minimum absolute atomic E-state index is 0.00131. The van der Waals surface area contributed by atoms with E-state index in [1.807, 2.05) is 109 Å². The van der Waals surface area contributed by atoms with Crippen molar-refractivity contribution in [1.82, 2.24) is 16.0 Å². The van der Waals surface area contributed by atoms with Gasteiger partial charge in [-0.15, -0.1) is 6.58 Å². The molecule has 0 aromatic heterocycles. The van der Waals surface area contributed by atoms with Crippen LogP contribution >= 0.6 is 7.82 Å². The molecule has 4 aromatic carbocycles. The van der Waals surface area contributed by atoms with Crippen LogP contribution in [0, 0.1) is 5.92 Å². The van der Waals surface area contributed by atoms with E-state index in [4.69, 9.17) is 23.0 Å². The fourth-order valence-electron chi connectivity index (χ4n) is 8.00. The first-order valence-electron chi connectivity index (χ1n) is 21.3. The maximum Gasteiger partial charge on any atom is 0.475 e. The van der Waals surface area contributed by atoms with Gasteiger partial charge in [-0.2, -0.15) is 0 Å². The molecule has 338 valence electrons. The molecule has 0 radical (unpaired) electrons. The average Bonchev–Trinajstić information content (AvgIpc) is 3.58. The number of hydrogen-bond acceptors (Lipinski definition) is 10. The fraction of sp³-hybridized carbons (Fsp3) is 0.396. The van der Waals surface area contributed by atoms with Crippen molar-refractivity contribution < 1.29 is 46.8 Å². The molecule has 5 rings (SSSR count). The fourth-order valence-corrected chi connectivity index (χ4v) is 13.1. The third kappa shape index (κ3) is 13.2. The highest BCUT2D eigenvalue weighted by Gasteiger charge is 2.50. The van der Waals surface area contributed by atoms with Crippen molar-refractivity contribution in [2.75, 3.05) is 39.5 Å². The second-order valence-electron chi connectivity index (χ2n) is 17.3. The summed E-state index contributed by atoms with van der Waals surface area (Å²) in [6, 6.07) is 34.1. The molecule has 63 heavy (non-hydrogen) atoms. The van der Waals surface area contributed by atoms with Crippen molar-refractivity contribution in [2.24, 2.45) is 5.92 Å². The molecule has 13 nitrogen and oxygen atoms in total. The number of ether oxygens (including phenoxy) is 2. The number of carbonyl (C=O) groups is 3. The Balaban J connectivity index is 1.26. The molecule has 2 unspecified atom stereocenters. The molecule has 15 heteroatoms. The van der Waals surface area contributed by atoms with Gasteiger partial charge in [-0.05, 0) is 77.2 Å². The first-order valence-corrected chi connectivity index (χ1v) is 24.7. The average molecular weight is 900 g/mol. The van der Waals surface area contributed by atoms with Crippen LogP contribution in [0.15, 0.2) is 122 Å². The Morgan fingerprint density at radius 3 is 1.89 bits per heavy atom. The minimum Gasteiger partial charge on any atom is -0.449 e. The van der Waals surface area contributed by atoms with Crippen molar-refractivity contribution >= 4 is 44.6 Å². The van der Waals surface area contributed by atoms with Gasteiger partial charge in [0.25, 0.3) is 8.32 Å². The van der Waals surface area contributed by atoms with Gasteiger partial charge in [0.05, 0.1) is 19.8 Å². The van der Waals surface area contributed by atoms with Crippen LogP contribution in [-0.2, 0) is 32.4 Å². The normalized spacial score (nSPS) is 14.6. The molecular formula is C48H62N3O10PSi. The van der Waals surface area contributed by atoms with Crippen molar-refractivity contribution in [1.29, 1.82) is 0 Å². The summed E-state index contributed by atoms with van der Waals surface area (Å²) in [4.78, 5) is 52.2. The molecule has 0 fully saturated rings. The molecular weight excluding hydrogens is 838 g/mol. The number of nitrogens with one attached hydrogen (secondary N) is 3. The Hall–Kier alpha value is -5.08. The molecule has 0 spiro atoms. The van der Waals surface area contributed by atoms with Gasteiger partial charge in [-0.1, -0.05) is 136 Å². The molecule has 3 amide bonds. The maximum absolute atomic E-state index is 13.9. The number of phosphoric ester groups is 1. The van der Waals surface area contributed by atoms with Crippen molar-refractivity contribution in [3.63, 3.8) is 0 Å². The molecule has 3 atom stereocenters. The first kappa shape index (κ1) is 48.9. The lowest BCUT2D eigenvalue weighted by Gasteiger charge is -2.42. The molecule has 4 N–H and O–H groups in total. The highest BCUT2D eigenvalue weighted by atomic mass is 31.2. The van der Waals surface area contributed by atoms with E-state index >= 15 is 0 Å². The molecule has 1 aliphatic rings. The van der Waals surface area contributed by atoms with Crippen LogP contribution in [0.1, 0.15) is 71.4 Å². The monoisotopic (exact) mass is 899 g/mol. The van der Waals surface area contributed by atoms with Gasteiger partial charge in [-0.3, -0.25) is 18.4 Å². The summed E-state index contributed by atoms with van der Waals surface area (Å²) in [6.45, 7) is 14.1. The molecule has 4 aromatic rings. The number of phosphoric acid groups is 1. The first-order chi connectivity index (χ1) is 30.0. The van der Waals surface area contributed by atoms with Gasteiger partial charge < -0.3 is 30.2 Å². The van der Waals surface area contributed by atoms with Crippen LogP contribution in [0.3, 0.4) is 0 Å². The molecule has 0 saturated carbocycles. The van der Waals surface area contributed by atoms with Gasteiger partial charge >= 0.3 is 20.0 Å². The third-order valence-electron chi connectivity index (χ3n) is 10.9. The standard InChI is InChI=1S/C48H62N3O10PSi/c1-8-30-58-62(55,59-31-29-50-45(53)61-47(3,4)5)60-34-43(51-46(54)57-33-42-40-25-17-15-23-38(40)39-24-16-18-26-41(39)42)44(52)49-28-27-35(2)32-48(6,7)63(56,36-19-11-9-12-20-36)37-21-13-10-14-22-37/h8-26,35,42-43,56H,1,27-34H2,2-7H3,(H,49,52)(H,50,53)(H,51,54)/t35?,43-,62?/m0/s1. The zero-order valence-corrected chi connectivity index (χ0v) is 39.0. The zero-order valence-electron chi connectivity index (χ0n) is 37.1. The highest BCUT2D eigenvalue weighted by molar-refractivity contribution is 7.48. The summed E-state index contributed by atoms with van der Waals surface area (Å²) in [7, 11) is -7.63. The lowest BCUT2D eigenvalue weighted by atomic mass is 9.95. The predicted octanol–water partition coefficient (Wildman–Crippen LogP) is 7.83. The summed E-state index contributed by atoms with van der Waals surface area (Å²) in [5.74, 6) is -0.778. The molecule has 0 aliphatic heterocycles. The van der Waals surface area contributed by atoms with Crippen LogP contribution in [0.2, 0.25) is 5.04 Å². The zero-order chi connectivity index (χ0) is 45.7. The molecule has 0 saturated heterocycles. The van der Waals surface area contributed by atoms with E-state index in [1.54, 1.807) is 20.8 Å². The largest absolute Gasteiger partial charge is 0.475 e. The van der Waals surface area contributed by atoms with Crippen LogP contribution in [0.4, 0.5) is 9.59 Å². The summed E-state index contributed by atoms with van der Waals surface area (Å²) in [6.07, 6.45) is 0.982. The summed E-state index contributed by atoms with van der Waals surface area (Å²) >= 11 is 0. The van der Waals surface area contributed by atoms with E-state index in [0.29, 0.717) is 12.8 Å². The van der Waals surface area contributed by atoms with Gasteiger partial charge in [-0.25, -0.2) is 14.2 Å². The smallest absolute Gasteiger partial charge is 0.449 e. The summed E-state index contributed by atoms with van der Waals surface area (Å²) in [5.41, 5.74) is 3.45. The number of hydrogen-bond donors (Lipinski definition) is 4. The van der Waals surface area contributed by atoms with Gasteiger partial charge in [0.15, 0.2) is 0 Å². The van der Waals surface area contributed by atoms with Crippen molar-refractivity contribution in [3.8, 4) is 11.1 Å². The number of amides is 3. The highest BCUT2D eigenvalue weighted by Crippen LogP contribution is 2.49. The van der Waals surface area contributed by atoms with Crippen LogP contribution < -0.4 is 26.3 Å². The number of rotatable bonds is 22. The number of carbonyl (C=O) groups excluding carboxylic acids is 3. The van der Waals surface area contributed by atoms with Crippen LogP contribution in [0.5, 0.6) is 0 Å². The molecule has 0 heterocycles.